The van der Waals surface area contributed by atoms with Crippen LogP contribution in [0.3, 0.4) is 0 Å². The van der Waals surface area contributed by atoms with E-state index in [9.17, 15) is 4.79 Å². The van der Waals surface area contributed by atoms with E-state index in [0.717, 1.165) is 22.7 Å². The SMILES string of the molecule is CC.CC.Cc1cc(COc2ccccc2)cc(=O)n1-c1ccccc1. The fourth-order valence-corrected chi connectivity index (χ4v) is 2.45. The Bertz CT molecular complexity index is 809. The molecule has 2 aromatic carbocycles. The highest BCUT2D eigenvalue weighted by molar-refractivity contribution is 5.35. The van der Waals surface area contributed by atoms with Crippen LogP contribution < -0.4 is 10.3 Å². The van der Waals surface area contributed by atoms with Gasteiger partial charge in [-0.3, -0.25) is 9.36 Å². The monoisotopic (exact) mass is 351 g/mol. The molecule has 0 radical (unpaired) electrons. The van der Waals surface area contributed by atoms with Crippen molar-refractivity contribution < 1.29 is 4.74 Å². The van der Waals surface area contributed by atoms with Crippen molar-refractivity contribution in [3.8, 4) is 11.4 Å². The van der Waals surface area contributed by atoms with Crippen molar-refractivity contribution in [3.63, 3.8) is 0 Å². The molecule has 0 spiro atoms. The summed E-state index contributed by atoms with van der Waals surface area (Å²) in [5.74, 6) is 0.799. The van der Waals surface area contributed by atoms with Gasteiger partial charge in [-0.15, -0.1) is 0 Å². The summed E-state index contributed by atoms with van der Waals surface area (Å²) in [5.41, 5.74) is 2.60. The Morgan fingerprint density at radius 2 is 1.35 bits per heavy atom. The second-order valence-electron chi connectivity index (χ2n) is 5.12. The van der Waals surface area contributed by atoms with Crippen LogP contribution in [-0.4, -0.2) is 4.57 Å². The number of nitrogens with zero attached hydrogens (tertiary/aromatic N) is 1. The fraction of sp³-hybridized carbons (Fsp3) is 0.261. The average Bonchev–Trinajstić information content (AvgIpc) is 2.71. The van der Waals surface area contributed by atoms with Gasteiger partial charge >= 0.3 is 0 Å². The van der Waals surface area contributed by atoms with Crippen LogP contribution in [0, 0.1) is 6.92 Å². The van der Waals surface area contributed by atoms with Gasteiger partial charge in [0.05, 0.1) is 0 Å². The van der Waals surface area contributed by atoms with Crippen LogP contribution in [-0.2, 0) is 6.61 Å². The van der Waals surface area contributed by atoms with E-state index in [0.29, 0.717) is 6.61 Å². The molecule has 0 bridgehead atoms. The van der Waals surface area contributed by atoms with Gasteiger partial charge in [-0.1, -0.05) is 64.1 Å². The minimum atomic E-state index is -0.0436. The van der Waals surface area contributed by atoms with Gasteiger partial charge in [0.25, 0.3) is 5.56 Å². The Morgan fingerprint density at radius 3 is 1.88 bits per heavy atom. The average molecular weight is 351 g/mol. The van der Waals surface area contributed by atoms with Gasteiger partial charge in [0.1, 0.15) is 12.4 Å². The standard InChI is InChI=1S/C19H17NO2.2C2H6/c1-15-12-16(14-22-18-10-6-3-7-11-18)13-19(21)20(15)17-8-4-2-5-9-17;2*1-2/h2-13H,14H2,1H3;2*1-2H3. The Kier molecular flexibility index (Phi) is 9.55. The number of rotatable bonds is 4. The van der Waals surface area contributed by atoms with E-state index >= 15 is 0 Å². The zero-order valence-corrected chi connectivity index (χ0v) is 16.4. The lowest BCUT2D eigenvalue weighted by Crippen LogP contribution is -2.20. The summed E-state index contributed by atoms with van der Waals surface area (Å²) < 4.78 is 7.40. The molecule has 0 N–H and O–H groups in total. The molecular formula is C23H29NO2. The Balaban J connectivity index is 0.000000791. The highest BCUT2D eigenvalue weighted by Crippen LogP contribution is 2.13. The number of aryl methyl sites for hydroxylation is 1. The molecule has 0 aliphatic carbocycles. The van der Waals surface area contributed by atoms with Gasteiger partial charge in [0, 0.05) is 17.4 Å². The molecular weight excluding hydrogens is 322 g/mol. The van der Waals surface area contributed by atoms with Crippen LogP contribution in [0.1, 0.15) is 39.0 Å². The number of hydrogen-bond acceptors (Lipinski definition) is 2. The van der Waals surface area contributed by atoms with Crippen molar-refractivity contribution in [2.45, 2.75) is 41.2 Å². The molecule has 0 atom stereocenters. The number of benzene rings is 2. The number of pyridine rings is 1. The lowest BCUT2D eigenvalue weighted by Gasteiger charge is -2.12. The Morgan fingerprint density at radius 1 is 0.808 bits per heavy atom. The fourth-order valence-electron chi connectivity index (χ4n) is 2.45. The lowest BCUT2D eigenvalue weighted by atomic mass is 10.2. The summed E-state index contributed by atoms with van der Waals surface area (Å²) in [5, 5.41) is 0. The summed E-state index contributed by atoms with van der Waals surface area (Å²) in [4.78, 5) is 12.4. The third kappa shape index (κ3) is 5.92. The molecule has 0 unspecified atom stereocenters. The quantitative estimate of drug-likeness (QED) is 0.597. The van der Waals surface area contributed by atoms with E-state index in [2.05, 4.69) is 0 Å². The second-order valence-corrected chi connectivity index (χ2v) is 5.12. The van der Waals surface area contributed by atoms with Gasteiger partial charge in [-0.05, 0) is 42.8 Å². The summed E-state index contributed by atoms with van der Waals surface area (Å²) in [6.45, 7) is 10.3. The molecule has 3 heteroatoms. The summed E-state index contributed by atoms with van der Waals surface area (Å²) in [6.07, 6.45) is 0. The highest BCUT2D eigenvalue weighted by atomic mass is 16.5. The minimum absolute atomic E-state index is 0.0436. The molecule has 0 fully saturated rings. The summed E-state index contributed by atoms with van der Waals surface area (Å²) in [7, 11) is 0. The lowest BCUT2D eigenvalue weighted by molar-refractivity contribution is 0.305. The summed E-state index contributed by atoms with van der Waals surface area (Å²) in [6, 6.07) is 22.8. The van der Waals surface area contributed by atoms with E-state index in [1.807, 2.05) is 101 Å². The van der Waals surface area contributed by atoms with Crippen molar-refractivity contribution in [3.05, 3.63) is 94.4 Å². The molecule has 0 aliphatic heterocycles. The van der Waals surface area contributed by atoms with Crippen LogP contribution >= 0.6 is 0 Å². The largest absolute Gasteiger partial charge is 0.489 e. The van der Waals surface area contributed by atoms with Crippen LogP contribution in [0.25, 0.3) is 5.69 Å². The van der Waals surface area contributed by atoms with Crippen LogP contribution in [0.15, 0.2) is 77.6 Å². The van der Waals surface area contributed by atoms with Gasteiger partial charge < -0.3 is 4.74 Å². The molecule has 1 heterocycles. The molecule has 26 heavy (non-hydrogen) atoms. The van der Waals surface area contributed by atoms with E-state index in [1.165, 1.54) is 0 Å². The third-order valence-corrected chi connectivity index (χ3v) is 3.44. The third-order valence-electron chi connectivity index (χ3n) is 3.44. The predicted molar refractivity (Wildman–Crippen MR) is 110 cm³/mol. The normalized spacial score (nSPS) is 9.27. The molecule has 3 rings (SSSR count). The maximum Gasteiger partial charge on any atom is 0.255 e. The molecule has 3 aromatic rings. The van der Waals surface area contributed by atoms with Crippen molar-refractivity contribution in [2.75, 3.05) is 0 Å². The van der Waals surface area contributed by atoms with Crippen molar-refractivity contribution >= 4 is 0 Å². The van der Waals surface area contributed by atoms with Crippen LogP contribution in [0.2, 0.25) is 0 Å². The van der Waals surface area contributed by atoms with Crippen molar-refractivity contribution in [1.29, 1.82) is 0 Å². The Hall–Kier alpha value is -2.81. The van der Waals surface area contributed by atoms with Crippen molar-refractivity contribution in [2.24, 2.45) is 0 Å². The first-order chi connectivity index (χ1) is 12.7. The number of ether oxygens (including phenoxy) is 1. The topological polar surface area (TPSA) is 31.2 Å². The molecule has 0 amide bonds. The number of hydrogen-bond donors (Lipinski definition) is 0. The van der Waals surface area contributed by atoms with Crippen LogP contribution in [0.5, 0.6) is 5.75 Å². The van der Waals surface area contributed by atoms with E-state index in [1.54, 1.807) is 10.6 Å². The first-order valence-electron chi connectivity index (χ1n) is 9.20. The minimum Gasteiger partial charge on any atom is -0.489 e. The molecule has 0 saturated carbocycles. The molecule has 0 aliphatic rings. The molecule has 3 nitrogen and oxygen atoms in total. The zero-order chi connectivity index (χ0) is 19.4. The van der Waals surface area contributed by atoms with Gasteiger partial charge in [0.2, 0.25) is 0 Å². The smallest absolute Gasteiger partial charge is 0.255 e. The second kappa shape index (κ2) is 11.7. The maximum absolute atomic E-state index is 12.4. The maximum atomic E-state index is 12.4. The van der Waals surface area contributed by atoms with Gasteiger partial charge in [-0.2, -0.15) is 0 Å². The van der Waals surface area contributed by atoms with Gasteiger partial charge in [-0.25, -0.2) is 0 Å². The first-order valence-corrected chi connectivity index (χ1v) is 9.20. The number of aromatic nitrogens is 1. The first kappa shape index (κ1) is 21.2. The van der Waals surface area contributed by atoms with E-state index in [-0.39, 0.29) is 5.56 Å². The number of para-hydroxylation sites is 2. The van der Waals surface area contributed by atoms with Crippen LogP contribution in [0.4, 0.5) is 0 Å². The Labute approximate surface area is 156 Å². The molecule has 0 saturated heterocycles. The predicted octanol–water partition coefficient (Wildman–Crippen LogP) is 5.78. The van der Waals surface area contributed by atoms with Crippen molar-refractivity contribution in [1.82, 2.24) is 4.57 Å². The highest BCUT2D eigenvalue weighted by Gasteiger charge is 2.06. The molecule has 1 aromatic heterocycles. The van der Waals surface area contributed by atoms with E-state index < -0.39 is 0 Å². The van der Waals surface area contributed by atoms with E-state index in [4.69, 9.17) is 4.74 Å². The zero-order valence-electron chi connectivity index (χ0n) is 16.4. The van der Waals surface area contributed by atoms with Gasteiger partial charge in [0.15, 0.2) is 0 Å². The summed E-state index contributed by atoms with van der Waals surface area (Å²) >= 11 is 0. The molecule has 138 valence electrons.